The topological polar surface area (TPSA) is 62.2 Å². The number of nitrogens with zero attached hydrogens (tertiary/aromatic N) is 1. The van der Waals surface area contributed by atoms with Gasteiger partial charge in [0, 0.05) is 6.54 Å². The molecule has 0 bridgehead atoms. The molecule has 0 amide bonds. The number of halogens is 1. The Hall–Kier alpha value is -1.65. The zero-order valence-electron chi connectivity index (χ0n) is 6.83. The molecular formula is C8H9FN2O2. The second-order valence-corrected chi connectivity index (χ2v) is 2.33. The number of pyridine rings is 1. The lowest BCUT2D eigenvalue weighted by atomic mass is 10.3. The van der Waals surface area contributed by atoms with Gasteiger partial charge in [-0.1, -0.05) is 6.07 Å². The number of hydrogen-bond acceptors (Lipinski definition) is 3. The molecule has 1 aromatic heterocycles. The molecular weight excluding hydrogens is 175 g/mol. The van der Waals surface area contributed by atoms with Crippen molar-refractivity contribution in [2.24, 2.45) is 0 Å². The van der Waals surface area contributed by atoms with Crippen molar-refractivity contribution < 1.29 is 14.3 Å². The van der Waals surface area contributed by atoms with Gasteiger partial charge in [-0.25, -0.2) is 14.2 Å². The Balaban J connectivity index is 2.73. The zero-order chi connectivity index (χ0) is 9.68. The molecule has 1 rings (SSSR count). The van der Waals surface area contributed by atoms with Crippen molar-refractivity contribution in [2.45, 2.75) is 0 Å². The van der Waals surface area contributed by atoms with Gasteiger partial charge in [0.15, 0.2) is 5.69 Å². The molecule has 0 radical (unpaired) electrons. The van der Waals surface area contributed by atoms with Crippen LogP contribution in [0.25, 0.3) is 0 Å². The van der Waals surface area contributed by atoms with Gasteiger partial charge in [0.25, 0.3) is 0 Å². The van der Waals surface area contributed by atoms with E-state index in [0.717, 1.165) is 0 Å². The second-order valence-electron chi connectivity index (χ2n) is 2.33. The number of alkyl halides is 1. The summed E-state index contributed by atoms with van der Waals surface area (Å²) in [7, 11) is 0. The third-order valence-corrected chi connectivity index (χ3v) is 1.37. The van der Waals surface area contributed by atoms with Gasteiger partial charge in [-0.15, -0.1) is 0 Å². The fraction of sp³-hybridized carbons (Fsp3) is 0.250. The number of carbonyl (C=O) groups is 1. The maximum Gasteiger partial charge on any atom is 0.354 e. The van der Waals surface area contributed by atoms with E-state index in [1.54, 1.807) is 12.1 Å². The van der Waals surface area contributed by atoms with Crippen LogP contribution in [0, 0.1) is 0 Å². The highest BCUT2D eigenvalue weighted by Gasteiger charge is 2.03. The Labute approximate surface area is 74.4 Å². The van der Waals surface area contributed by atoms with Gasteiger partial charge in [-0.05, 0) is 12.1 Å². The summed E-state index contributed by atoms with van der Waals surface area (Å²) in [4.78, 5) is 14.2. The summed E-state index contributed by atoms with van der Waals surface area (Å²) in [6, 6.07) is 4.52. The van der Waals surface area contributed by atoms with Crippen LogP contribution < -0.4 is 5.32 Å². The minimum atomic E-state index is -1.09. The van der Waals surface area contributed by atoms with Crippen LogP contribution >= 0.6 is 0 Å². The van der Waals surface area contributed by atoms with Gasteiger partial charge < -0.3 is 10.4 Å². The van der Waals surface area contributed by atoms with E-state index in [1.807, 2.05) is 0 Å². The largest absolute Gasteiger partial charge is 0.477 e. The molecule has 0 aliphatic rings. The fourth-order valence-corrected chi connectivity index (χ4v) is 0.828. The number of hydrogen-bond donors (Lipinski definition) is 2. The van der Waals surface area contributed by atoms with Crippen molar-refractivity contribution in [3.8, 4) is 0 Å². The standard InChI is InChI=1S/C8H9FN2O2/c9-4-5-10-7-3-1-2-6(11-7)8(12)13/h1-3H,4-5H2,(H,10,11)(H,12,13). The quantitative estimate of drug-likeness (QED) is 0.737. The first-order valence-corrected chi connectivity index (χ1v) is 3.74. The van der Waals surface area contributed by atoms with Crippen molar-refractivity contribution in [2.75, 3.05) is 18.5 Å². The van der Waals surface area contributed by atoms with Crippen molar-refractivity contribution in [3.63, 3.8) is 0 Å². The molecule has 0 aromatic carbocycles. The van der Waals surface area contributed by atoms with Crippen LogP contribution in [0.3, 0.4) is 0 Å². The lowest BCUT2D eigenvalue weighted by Crippen LogP contribution is -2.07. The van der Waals surface area contributed by atoms with Crippen molar-refractivity contribution in [1.29, 1.82) is 0 Å². The van der Waals surface area contributed by atoms with Gasteiger partial charge in [-0.2, -0.15) is 0 Å². The van der Waals surface area contributed by atoms with E-state index >= 15 is 0 Å². The molecule has 0 spiro atoms. The van der Waals surface area contributed by atoms with Crippen LogP contribution in [0.15, 0.2) is 18.2 Å². The first kappa shape index (κ1) is 9.44. The van der Waals surface area contributed by atoms with Gasteiger partial charge >= 0.3 is 5.97 Å². The fourth-order valence-electron chi connectivity index (χ4n) is 0.828. The van der Waals surface area contributed by atoms with E-state index in [-0.39, 0.29) is 12.2 Å². The number of nitrogens with one attached hydrogen (secondary N) is 1. The lowest BCUT2D eigenvalue weighted by Gasteiger charge is -2.02. The smallest absolute Gasteiger partial charge is 0.354 e. The maximum atomic E-state index is 11.7. The van der Waals surface area contributed by atoms with E-state index in [0.29, 0.717) is 5.82 Å². The Bertz CT molecular complexity index is 304. The van der Waals surface area contributed by atoms with Crippen molar-refractivity contribution in [1.82, 2.24) is 4.98 Å². The Morgan fingerprint density at radius 1 is 1.62 bits per heavy atom. The highest BCUT2D eigenvalue weighted by atomic mass is 19.1. The third kappa shape index (κ3) is 2.70. The van der Waals surface area contributed by atoms with Gasteiger partial charge in [0.05, 0.1) is 0 Å². The highest BCUT2D eigenvalue weighted by Crippen LogP contribution is 2.03. The molecule has 0 saturated carbocycles. The Morgan fingerprint density at radius 2 is 2.38 bits per heavy atom. The van der Waals surface area contributed by atoms with E-state index in [1.165, 1.54) is 6.07 Å². The molecule has 0 atom stereocenters. The Morgan fingerprint density at radius 3 is 3.00 bits per heavy atom. The minimum Gasteiger partial charge on any atom is -0.477 e. The predicted octanol–water partition coefficient (Wildman–Crippen LogP) is 1.16. The molecule has 0 saturated heterocycles. The van der Waals surface area contributed by atoms with Gasteiger partial charge in [0.2, 0.25) is 0 Å². The van der Waals surface area contributed by atoms with Crippen LogP contribution in [0.4, 0.5) is 10.2 Å². The summed E-state index contributed by atoms with van der Waals surface area (Å²) in [6.45, 7) is -0.380. The first-order chi connectivity index (χ1) is 6.24. The van der Waals surface area contributed by atoms with Crippen molar-refractivity contribution in [3.05, 3.63) is 23.9 Å². The lowest BCUT2D eigenvalue weighted by molar-refractivity contribution is 0.0690. The number of carboxylic acid groups (broad SMARTS) is 1. The average Bonchev–Trinajstić information content (AvgIpc) is 2.15. The summed E-state index contributed by atoms with van der Waals surface area (Å²) in [5.41, 5.74) is -0.0520. The van der Waals surface area contributed by atoms with Crippen LogP contribution in [-0.2, 0) is 0 Å². The third-order valence-electron chi connectivity index (χ3n) is 1.37. The SMILES string of the molecule is O=C(O)c1cccc(NCCF)n1. The first-order valence-electron chi connectivity index (χ1n) is 3.74. The van der Waals surface area contributed by atoms with Gasteiger partial charge in [-0.3, -0.25) is 0 Å². The van der Waals surface area contributed by atoms with Crippen LogP contribution in [0.1, 0.15) is 10.5 Å². The van der Waals surface area contributed by atoms with Crippen LogP contribution in [0.5, 0.6) is 0 Å². The number of aromatic carboxylic acids is 1. The summed E-state index contributed by atoms with van der Waals surface area (Å²) in [5.74, 6) is -0.721. The van der Waals surface area contributed by atoms with E-state index in [9.17, 15) is 9.18 Å². The van der Waals surface area contributed by atoms with Crippen LogP contribution in [-0.4, -0.2) is 29.3 Å². The minimum absolute atomic E-state index is 0.0520. The summed E-state index contributed by atoms with van der Waals surface area (Å²) < 4.78 is 11.7. The zero-order valence-corrected chi connectivity index (χ0v) is 6.83. The summed E-state index contributed by atoms with van der Waals surface area (Å²) in [6.07, 6.45) is 0. The summed E-state index contributed by atoms with van der Waals surface area (Å²) >= 11 is 0. The molecule has 4 nitrogen and oxygen atoms in total. The molecule has 13 heavy (non-hydrogen) atoms. The highest BCUT2D eigenvalue weighted by molar-refractivity contribution is 5.85. The van der Waals surface area contributed by atoms with E-state index in [2.05, 4.69) is 10.3 Å². The molecule has 5 heteroatoms. The Kier molecular flexibility index (Phi) is 3.19. The normalized spacial score (nSPS) is 9.62. The molecule has 1 aromatic rings. The second kappa shape index (κ2) is 4.39. The van der Waals surface area contributed by atoms with Gasteiger partial charge in [0.1, 0.15) is 12.5 Å². The maximum absolute atomic E-state index is 11.7. The predicted molar refractivity (Wildman–Crippen MR) is 45.7 cm³/mol. The number of rotatable bonds is 4. The number of anilines is 1. The molecule has 0 aliphatic carbocycles. The van der Waals surface area contributed by atoms with E-state index < -0.39 is 12.6 Å². The molecule has 2 N–H and O–H groups in total. The molecule has 0 fully saturated rings. The number of aromatic nitrogens is 1. The summed E-state index contributed by atoms with van der Waals surface area (Å²) in [5, 5.41) is 11.2. The van der Waals surface area contributed by atoms with Crippen molar-refractivity contribution >= 4 is 11.8 Å². The molecule has 0 aliphatic heterocycles. The number of carboxylic acids is 1. The molecule has 0 unspecified atom stereocenters. The monoisotopic (exact) mass is 184 g/mol. The van der Waals surface area contributed by atoms with E-state index in [4.69, 9.17) is 5.11 Å². The molecule has 70 valence electrons. The average molecular weight is 184 g/mol. The molecule has 1 heterocycles. The van der Waals surface area contributed by atoms with Crippen LogP contribution in [0.2, 0.25) is 0 Å².